The fourth-order valence-corrected chi connectivity index (χ4v) is 4.93. The van der Waals surface area contributed by atoms with Crippen LogP contribution in [0.4, 0.5) is 18.9 Å². The van der Waals surface area contributed by atoms with Gasteiger partial charge in [0.15, 0.2) is 0 Å². The predicted octanol–water partition coefficient (Wildman–Crippen LogP) is 6.81. The van der Waals surface area contributed by atoms with Gasteiger partial charge in [0.1, 0.15) is 10.9 Å². The van der Waals surface area contributed by atoms with Crippen LogP contribution in [-0.4, -0.2) is 40.8 Å². The van der Waals surface area contributed by atoms with Gasteiger partial charge < -0.3 is 10.2 Å². The Kier molecular flexibility index (Phi) is 7.18. The standard InChI is InChI=1S/C20H14Cl5F3N2O2/c1-30(8-19(26,27)28)18(32)13-7-12(2-3-14(13)23)29-17(31)16-15(20(16,24)25)9-4-10(21)6-11(22)5-9/h2-7,15-16H,8H2,1H3,(H,29,31). The van der Waals surface area contributed by atoms with Gasteiger partial charge in [0.2, 0.25) is 5.91 Å². The van der Waals surface area contributed by atoms with Gasteiger partial charge in [-0.2, -0.15) is 13.2 Å². The summed E-state index contributed by atoms with van der Waals surface area (Å²) < 4.78 is 36.4. The van der Waals surface area contributed by atoms with Gasteiger partial charge in [0.25, 0.3) is 5.91 Å². The maximum atomic E-state index is 12.8. The number of nitrogens with zero attached hydrogens (tertiary/aromatic N) is 1. The molecule has 0 spiro atoms. The summed E-state index contributed by atoms with van der Waals surface area (Å²) in [5, 5.41) is 3.21. The highest BCUT2D eigenvalue weighted by molar-refractivity contribution is 6.53. The summed E-state index contributed by atoms with van der Waals surface area (Å²) in [5.41, 5.74) is 0.517. The third-order valence-corrected chi connectivity index (χ3v) is 6.51. The Labute approximate surface area is 206 Å². The average molecular weight is 549 g/mol. The summed E-state index contributed by atoms with van der Waals surface area (Å²) >= 11 is 30.6. The van der Waals surface area contributed by atoms with Gasteiger partial charge in [-0.3, -0.25) is 9.59 Å². The number of carbonyl (C=O) groups is 2. The Balaban J connectivity index is 1.78. The molecule has 0 saturated heterocycles. The monoisotopic (exact) mass is 546 g/mol. The van der Waals surface area contributed by atoms with Crippen molar-refractivity contribution in [3.05, 3.63) is 62.6 Å². The Hall–Kier alpha value is -1.38. The summed E-state index contributed by atoms with van der Waals surface area (Å²) in [6.45, 7) is -1.45. The van der Waals surface area contributed by atoms with Crippen LogP contribution in [0.2, 0.25) is 15.1 Å². The molecule has 0 radical (unpaired) electrons. The van der Waals surface area contributed by atoms with Gasteiger partial charge in [0.05, 0.1) is 16.5 Å². The highest BCUT2D eigenvalue weighted by Crippen LogP contribution is 2.65. The number of halogens is 8. The number of carbonyl (C=O) groups excluding carboxylic acids is 2. The van der Waals surface area contributed by atoms with Crippen LogP contribution in [0.5, 0.6) is 0 Å². The molecule has 2 amide bonds. The molecule has 3 rings (SSSR count). The Morgan fingerprint density at radius 2 is 1.66 bits per heavy atom. The van der Waals surface area contributed by atoms with Crippen molar-refractivity contribution in [2.24, 2.45) is 5.92 Å². The minimum absolute atomic E-state index is 0.0658. The van der Waals surface area contributed by atoms with E-state index in [0.29, 0.717) is 20.5 Å². The van der Waals surface area contributed by atoms with Crippen LogP contribution in [0, 0.1) is 5.92 Å². The first-order valence-corrected chi connectivity index (χ1v) is 10.9. The summed E-state index contributed by atoms with van der Waals surface area (Å²) in [6.07, 6.45) is -4.57. The smallest absolute Gasteiger partial charge is 0.333 e. The molecule has 12 heteroatoms. The van der Waals surface area contributed by atoms with E-state index in [1.807, 2.05) is 0 Å². The molecule has 0 bridgehead atoms. The number of hydrogen-bond donors (Lipinski definition) is 1. The molecular formula is C20H14Cl5F3N2O2. The van der Waals surface area contributed by atoms with Gasteiger partial charge in [-0.25, -0.2) is 0 Å². The molecule has 1 aliphatic rings. The highest BCUT2D eigenvalue weighted by Gasteiger charge is 2.67. The van der Waals surface area contributed by atoms with E-state index in [1.165, 1.54) is 24.3 Å². The number of anilines is 1. The van der Waals surface area contributed by atoms with Crippen LogP contribution in [0.1, 0.15) is 21.8 Å². The molecule has 0 aromatic heterocycles. The first kappa shape index (κ1) is 25.2. The van der Waals surface area contributed by atoms with Crippen molar-refractivity contribution in [3.8, 4) is 0 Å². The zero-order valence-corrected chi connectivity index (χ0v) is 19.9. The lowest BCUT2D eigenvalue weighted by molar-refractivity contribution is -0.138. The van der Waals surface area contributed by atoms with Crippen LogP contribution < -0.4 is 5.32 Å². The second-order valence-electron chi connectivity index (χ2n) is 7.29. The molecule has 32 heavy (non-hydrogen) atoms. The van der Waals surface area contributed by atoms with Crippen molar-refractivity contribution in [2.45, 2.75) is 16.4 Å². The van der Waals surface area contributed by atoms with E-state index in [4.69, 9.17) is 58.0 Å². The minimum Gasteiger partial charge on any atom is -0.333 e. The first-order chi connectivity index (χ1) is 14.7. The second kappa shape index (κ2) is 9.11. The highest BCUT2D eigenvalue weighted by atomic mass is 35.5. The normalized spacial score (nSPS) is 19.4. The van der Waals surface area contributed by atoms with E-state index in [-0.39, 0.29) is 16.3 Å². The third-order valence-electron chi connectivity index (χ3n) is 4.81. The molecule has 1 saturated carbocycles. The van der Waals surface area contributed by atoms with Gasteiger partial charge >= 0.3 is 6.18 Å². The van der Waals surface area contributed by atoms with E-state index in [0.717, 1.165) is 7.05 Å². The number of nitrogens with one attached hydrogen (secondary N) is 1. The third kappa shape index (κ3) is 5.57. The van der Waals surface area contributed by atoms with Crippen LogP contribution in [-0.2, 0) is 4.79 Å². The number of alkyl halides is 5. The summed E-state index contributed by atoms with van der Waals surface area (Å²) in [6, 6.07) is 8.60. The quantitative estimate of drug-likeness (QED) is 0.418. The van der Waals surface area contributed by atoms with E-state index in [9.17, 15) is 22.8 Å². The molecule has 1 aliphatic carbocycles. The van der Waals surface area contributed by atoms with E-state index in [1.54, 1.807) is 12.1 Å². The van der Waals surface area contributed by atoms with Gasteiger partial charge in [0, 0.05) is 28.7 Å². The number of hydrogen-bond acceptors (Lipinski definition) is 2. The number of amides is 2. The fraction of sp³-hybridized carbons (Fsp3) is 0.300. The lowest BCUT2D eigenvalue weighted by atomic mass is 10.1. The molecule has 2 aromatic carbocycles. The van der Waals surface area contributed by atoms with E-state index in [2.05, 4.69) is 5.32 Å². The molecule has 1 N–H and O–H groups in total. The van der Waals surface area contributed by atoms with Crippen LogP contribution in [0.3, 0.4) is 0 Å². The molecule has 2 aromatic rings. The lowest BCUT2D eigenvalue weighted by Crippen LogP contribution is -2.36. The van der Waals surface area contributed by atoms with Gasteiger partial charge in [-0.1, -0.05) is 34.8 Å². The summed E-state index contributed by atoms with van der Waals surface area (Å²) in [5.74, 6) is -2.96. The van der Waals surface area contributed by atoms with E-state index >= 15 is 0 Å². The topological polar surface area (TPSA) is 49.4 Å². The van der Waals surface area contributed by atoms with Gasteiger partial charge in [-0.05, 0) is 42.0 Å². The second-order valence-corrected chi connectivity index (χ2v) is 10.0. The van der Waals surface area contributed by atoms with Gasteiger partial charge in [-0.15, -0.1) is 23.2 Å². The van der Waals surface area contributed by atoms with Crippen molar-refractivity contribution in [2.75, 3.05) is 18.9 Å². The molecule has 0 heterocycles. The van der Waals surface area contributed by atoms with Crippen molar-refractivity contribution in [1.82, 2.24) is 4.90 Å². The minimum atomic E-state index is -4.57. The summed E-state index contributed by atoms with van der Waals surface area (Å²) in [4.78, 5) is 25.7. The SMILES string of the molecule is CN(CC(F)(F)F)C(=O)c1cc(NC(=O)C2C(c3cc(Cl)cc(Cl)c3)C2(Cl)Cl)ccc1Cl. The Morgan fingerprint density at radius 1 is 1.06 bits per heavy atom. The molecular weight excluding hydrogens is 534 g/mol. The van der Waals surface area contributed by atoms with Crippen LogP contribution in [0.25, 0.3) is 0 Å². The Morgan fingerprint density at radius 3 is 2.22 bits per heavy atom. The fourth-order valence-electron chi connectivity index (χ4n) is 3.36. The first-order valence-electron chi connectivity index (χ1n) is 8.97. The molecule has 1 fully saturated rings. The molecule has 0 aliphatic heterocycles. The predicted molar refractivity (Wildman–Crippen MR) is 120 cm³/mol. The molecule has 4 nitrogen and oxygen atoms in total. The van der Waals surface area contributed by atoms with Crippen molar-refractivity contribution in [3.63, 3.8) is 0 Å². The molecule has 172 valence electrons. The van der Waals surface area contributed by atoms with Crippen molar-refractivity contribution >= 4 is 75.5 Å². The number of rotatable bonds is 5. The van der Waals surface area contributed by atoms with Crippen molar-refractivity contribution < 1.29 is 22.8 Å². The molecule has 2 unspecified atom stereocenters. The van der Waals surface area contributed by atoms with Crippen LogP contribution >= 0.6 is 58.0 Å². The lowest BCUT2D eigenvalue weighted by Gasteiger charge is -2.20. The maximum Gasteiger partial charge on any atom is 0.406 e. The largest absolute Gasteiger partial charge is 0.406 e. The molecule has 2 atom stereocenters. The average Bonchev–Trinajstić information content (AvgIpc) is 3.23. The summed E-state index contributed by atoms with van der Waals surface area (Å²) in [7, 11) is 0.998. The zero-order chi connectivity index (χ0) is 24.0. The number of benzene rings is 2. The Bertz CT molecular complexity index is 1060. The zero-order valence-electron chi connectivity index (χ0n) is 16.1. The van der Waals surface area contributed by atoms with Crippen LogP contribution in [0.15, 0.2) is 36.4 Å². The van der Waals surface area contributed by atoms with Crippen molar-refractivity contribution in [1.29, 1.82) is 0 Å². The van der Waals surface area contributed by atoms with E-state index < -0.39 is 40.7 Å². The maximum absolute atomic E-state index is 12.8.